The number of unbranched alkanes of at least 4 members (excludes halogenated alkanes) is 32. The van der Waals surface area contributed by atoms with Crippen LogP contribution in [0, 0.1) is 0 Å². The Morgan fingerprint density at radius 2 is 0.781 bits per heavy atom. The number of carbonyl (C=O) groups excluding carboxylic acids is 2. The van der Waals surface area contributed by atoms with Crippen LogP contribution in [0.3, 0.4) is 0 Å². The Morgan fingerprint density at radius 3 is 1.18 bits per heavy atom. The van der Waals surface area contributed by atoms with Gasteiger partial charge in [-0.25, -0.2) is 4.57 Å². The highest BCUT2D eigenvalue weighted by Crippen LogP contribution is 2.43. The summed E-state index contributed by atoms with van der Waals surface area (Å²) in [4.78, 5) is 35.6. The van der Waals surface area contributed by atoms with E-state index in [1.54, 1.807) is 0 Å². The molecule has 426 valence electrons. The summed E-state index contributed by atoms with van der Waals surface area (Å²) in [5.74, 6) is -0.798. The Morgan fingerprint density at radius 1 is 0.438 bits per heavy atom. The van der Waals surface area contributed by atoms with Crippen LogP contribution < -0.4 is 0 Å². The van der Waals surface area contributed by atoms with Gasteiger partial charge >= 0.3 is 19.8 Å². The van der Waals surface area contributed by atoms with Crippen molar-refractivity contribution in [3.63, 3.8) is 0 Å². The molecule has 2 unspecified atom stereocenters. The van der Waals surface area contributed by atoms with Crippen molar-refractivity contribution in [2.45, 2.75) is 283 Å². The molecule has 0 spiro atoms. The van der Waals surface area contributed by atoms with Gasteiger partial charge in [0.05, 0.1) is 27.7 Å². The van der Waals surface area contributed by atoms with Gasteiger partial charge in [-0.3, -0.25) is 18.6 Å². The molecule has 2 atom stereocenters. The lowest BCUT2D eigenvalue weighted by Crippen LogP contribution is -2.37. The third-order valence-corrected chi connectivity index (χ3v) is 14.3. The first-order chi connectivity index (χ1) is 35.5. The number of esters is 2. The van der Waals surface area contributed by atoms with E-state index < -0.39 is 26.5 Å². The normalized spacial score (nSPS) is 13.7. The number of nitrogens with zero attached hydrogens (tertiary/aromatic N) is 1. The van der Waals surface area contributed by atoms with Crippen LogP contribution in [-0.4, -0.2) is 74.9 Å². The maximum absolute atomic E-state index is 12.8. The molecule has 0 aliphatic heterocycles. The zero-order valence-electron chi connectivity index (χ0n) is 48.4. The van der Waals surface area contributed by atoms with Crippen LogP contribution in [-0.2, 0) is 32.7 Å². The van der Waals surface area contributed by atoms with Crippen LogP contribution in [0.4, 0.5) is 0 Å². The minimum absolute atomic E-state index is 0.0314. The smallest absolute Gasteiger partial charge is 0.462 e. The summed E-state index contributed by atoms with van der Waals surface area (Å²) in [5, 5.41) is 0. The Bertz CT molecular complexity index is 1420. The molecule has 0 aliphatic rings. The molecule has 0 heterocycles. The fourth-order valence-electron chi connectivity index (χ4n) is 8.59. The van der Waals surface area contributed by atoms with Gasteiger partial charge < -0.3 is 18.9 Å². The summed E-state index contributed by atoms with van der Waals surface area (Å²) in [6.45, 7) is 4.31. The van der Waals surface area contributed by atoms with Crippen molar-refractivity contribution in [2.24, 2.45) is 0 Å². The van der Waals surface area contributed by atoms with E-state index in [9.17, 15) is 19.0 Å². The molecule has 0 aromatic rings. The lowest BCUT2D eigenvalue weighted by Gasteiger charge is -2.24. The molecule has 0 saturated carbocycles. The highest BCUT2D eigenvalue weighted by Gasteiger charge is 2.27. The first kappa shape index (κ1) is 70.7. The molecule has 0 amide bonds. The molecule has 0 aromatic heterocycles. The van der Waals surface area contributed by atoms with Crippen LogP contribution in [0.5, 0.6) is 0 Å². The number of rotatable bonds is 56. The monoisotopic (exact) mass is 1050 g/mol. The average Bonchev–Trinajstić information content (AvgIpc) is 3.35. The van der Waals surface area contributed by atoms with Crippen molar-refractivity contribution in [3.8, 4) is 0 Å². The number of phosphoric ester groups is 1. The average molecular weight is 1050 g/mol. The Hall–Kier alpha value is -2.29. The third-order valence-electron chi connectivity index (χ3n) is 13.3. The number of carbonyl (C=O) groups is 2. The van der Waals surface area contributed by atoms with Gasteiger partial charge in [-0.15, -0.1) is 0 Å². The van der Waals surface area contributed by atoms with E-state index in [-0.39, 0.29) is 32.0 Å². The molecule has 73 heavy (non-hydrogen) atoms. The fraction of sp³-hybridized carbons (Fsp3) is 0.810. The van der Waals surface area contributed by atoms with Gasteiger partial charge in [0.25, 0.3) is 0 Å². The molecule has 0 aromatic carbocycles. The van der Waals surface area contributed by atoms with Gasteiger partial charge in [-0.2, -0.15) is 0 Å². The number of allylic oxidation sites excluding steroid dienone is 10. The molecule has 0 aliphatic carbocycles. The van der Waals surface area contributed by atoms with E-state index in [1.807, 2.05) is 21.1 Å². The van der Waals surface area contributed by atoms with Gasteiger partial charge in [-0.05, 0) is 77.0 Å². The molecule has 0 rings (SSSR count). The molecule has 9 nitrogen and oxygen atoms in total. The quantitative estimate of drug-likeness (QED) is 0.0211. The number of hydrogen-bond acceptors (Lipinski definition) is 7. The van der Waals surface area contributed by atoms with E-state index in [1.165, 1.54) is 167 Å². The molecular weight excluding hydrogens is 930 g/mol. The Kier molecular flexibility index (Phi) is 52.8. The van der Waals surface area contributed by atoms with Crippen molar-refractivity contribution < 1.29 is 42.1 Å². The maximum Gasteiger partial charge on any atom is 0.472 e. The summed E-state index contributed by atoms with van der Waals surface area (Å²) < 4.78 is 34.5. The summed E-state index contributed by atoms with van der Waals surface area (Å²) in [5.41, 5.74) is 0. The predicted octanol–water partition coefficient (Wildman–Crippen LogP) is 19.1. The van der Waals surface area contributed by atoms with Gasteiger partial charge in [0.15, 0.2) is 6.10 Å². The Labute approximate surface area is 451 Å². The van der Waals surface area contributed by atoms with Gasteiger partial charge in [0.1, 0.15) is 19.8 Å². The topological polar surface area (TPSA) is 108 Å². The van der Waals surface area contributed by atoms with Crippen molar-refractivity contribution in [1.29, 1.82) is 0 Å². The molecule has 0 saturated heterocycles. The summed E-state index contributed by atoms with van der Waals surface area (Å²) >= 11 is 0. The molecule has 10 heteroatoms. The van der Waals surface area contributed by atoms with Crippen LogP contribution in [0.1, 0.15) is 277 Å². The van der Waals surface area contributed by atoms with Crippen molar-refractivity contribution in [2.75, 3.05) is 47.5 Å². The number of phosphoric acid groups is 1. The van der Waals surface area contributed by atoms with Gasteiger partial charge in [0.2, 0.25) is 0 Å². The third kappa shape index (κ3) is 58.8. The predicted molar refractivity (Wildman–Crippen MR) is 312 cm³/mol. The summed E-state index contributed by atoms with van der Waals surface area (Å²) in [7, 11) is 1.48. The second-order valence-corrected chi connectivity index (χ2v) is 23.2. The lowest BCUT2D eigenvalue weighted by molar-refractivity contribution is -0.870. The van der Waals surface area contributed by atoms with Crippen molar-refractivity contribution in [1.82, 2.24) is 0 Å². The van der Waals surface area contributed by atoms with Gasteiger partial charge in [-0.1, -0.05) is 248 Å². The van der Waals surface area contributed by atoms with Crippen LogP contribution in [0.15, 0.2) is 60.8 Å². The van der Waals surface area contributed by atoms with Crippen molar-refractivity contribution >= 4 is 19.8 Å². The van der Waals surface area contributed by atoms with E-state index in [4.69, 9.17) is 18.5 Å². The summed E-state index contributed by atoms with van der Waals surface area (Å²) in [6.07, 6.45) is 70.4. The fourth-order valence-corrected chi connectivity index (χ4v) is 9.33. The van der Waals surface area contributed by atoms with Crippen molar-refractivity contribution in [3.05, 3.63) is 60.8 Å². The number of quaternary nitrogens is 1. The second-order valence-electron chi connectivity index (χ2n) is 21.7. The summed E-state index contributed by atoms with van der Waals surface area (Å²) in [6, 6.07) is 0. The number of ether oxygens (including phenoxy) is 2. The second kappa shape index (κ2) is 54.5. The molecular formula is C63H117NO8P+. The minimum Gasteiger partial charge on any atom is -0.462 e. The standard InChI is InChI=1S/C63H116NO8P/c1-6-8-10-12-14-16-18-20-21-22-23-24-25-26-27-28-29-30-31-32-33-34-35-36-37-38-39-40-41-42-43-44-46-48-50-52-54-56-63(66)72-61(60-71-73(67,68)70-58-57-64(3,4)5)59-69-62(65)55-53-51-49-47-45-19-17-15-13-11-9-7-2/h8,10,14-17,20-21,23-24,61H,6-7,9,11-13,18-19,22,25-60H2,1-5H3/p+1/b10-8-,16-14-,17-15-,21-20-,24-23-. The highest BCUT2D eigenvalue weighted by molar-refractivity contribution is 7.47. The largest absolute Gasteiger partial charge is 0.472 e. The molecule has 0 fully saturated rings. The van der Waals surface area contributed by atoms with E-state index >= 15 is 0 Å². The molecule has 1 N–H and O–H groups in total. The van der Waals surface area contributed by atoms with E-state index in [0.29, 0.717) is 17.4 Å². The van der Waals surface area contributed by atoms with E-state index in [0.717, 1.165) is 77.0 Å². The lowest BCUT2D eigenvalue weighted by atomic mass is 10.0. The number of likely N-dealkylation sites (N-methyl/N-ethyl adjacent to an activating group) is 1. The zero-order chi connectivity index (χ0) is 53.5. The highest BCUT2D eigenvalue weighted by atomic mass is 31.2. The first-order valence-corrected chi connectivity index (χ1v) is 32.0. The minimum atomic E-state index is -4.38. The number of hydrogen-bond donors (Lipinski definition) is 1. The van der Waals surface area contributed by atoms with Crippen LogP contribution in [0.25, 0.3) is 0 Å². The zero-order valence-corrected chi connectivity index (χ0v) is 49.3. The first-order valence-electron chi connectivity index (χ1n) is 30.5. The van der Waals surface area contributed by atoms with Crippen LogP contribution >= 0.6 is 7.82 Å². The maximum atomic E-state index is 12.8. The molecule has 0 radical (unpaired) electrons. The molecule has 0 bridgehead atoms. The Balaban J connectivity index is 3.90. The van der Waals surface area contributed by atoms with Crippen LogP contribution in [0.2, 0.25) is 0 Å². The SMILES string of the molecule is CC/C=C\C/C=C\C/C=C\C/C=C\CCCCCCCCCCCCCCCCCCCCCCCCCCC(=O)OC(COC(=O)CCCCCCC/C=C\CCCCC)COP(=O)(O)OCC[N+](C)(C)C. The van der Waals surface area contributed by atoms with E-state index in [2.05, 4.69) is 74.6 Å². The van der Waals surface area contributed by atoms with Gasteiger partial charge in [0, 0.05) is 12.8 Å².